The Morgan fingerprint density at radius 3 is 2.42 bits per heavy atom. The molecule has 0 aliphatic carbocycles. The zero-order chi connectivity index (χ0) is 14.5. The average molecular weight is 280 g/mol. The van der Waals surface area contributed by atoms with Crippen LogP contribution in [0.2, 0.25) is 0 Å². The van der Waals surface area contributed by atoms with Crippen molar-refractivity contribution >= 4 is 21.4 Å². The molecular weight excluding hydrogens is 264 g/mol. The van der Waals surface area contributed by atoms with Gasteiger partial charge in [-0.05, 0) is 25.0 Å². The molecule has 1 rings (SSSR count). The number of nitrogens with one attached hydrogen (secondary N) is 1. The molecule has 1 aromatic rings. The van der Waals surface area contributed by atoms with Crippen LogP contribution in [0, 0.1) is 25.2 Å². The van der Waals surface area contributed by atoms with Crippen LogP contribution in [0.5, 0.6) is 0 Å². The maximum Gasteiger partial charge on any atom is 0.239 e. The van der Waals surface area contributed by atoms with Crippen molar-refractivity contribution in [2.45, 2.75) is 20.3 Å². The summed E-state index contributed by atoms with van der Waals surface area (Å²) < 4.78 is 23.1. The molecule has 0 radical (unpaired) electrons. The van der Waals surface area contributed by atoms with Crippen molar-refractivity contribution in [2.24, 2.45) is 0 Å². The van der Waals surface area contributed by atoms with Gasteiger partial charge >= 0.3 is 0 Å². The molecule has 1 N–H and O–H groups in total. The van der Waals surface area contributed by atoms with E-state index < -0.39 is 21.5 Å². The van der Waals surface area contributed by atoms with Gasteiger partial charge in [0.15, 0.2) is 9.84 Å². The molecule has 19 heavy (non-hydrogen) atoms. The predicted molar refractivity (Wildman–Crippen MR) is 73.4 cm³/mol. The van der Waals surface area contributed by atoms with E-state index in [9.17, 15) is 13.2 Å². The second kappa shape index (κ2) is 6.34. The average Bonchev–Trinajstić information content (AvgIpc) is 2.31. The highest BCUT2D eigenvalue weighted by Crippen LogP contribution is 2.19. The molecule has 1 aromatic carbocycles. The van der Waals surface area contributed by atoms with Crippen LogP contribution in [0.25, 0.3) is 0 Å². The molecule has 0 bridgehead atoms. The fraction of sp³-hybridized carbons (Fsp3) is 0.385. The maximum atomic E-state index is 11.7. The van der Waals surface area contributed by atoms with E-state index in [2.05, 4.69) is 5.32 Å². The number of benzene rings is 1. The fourth-order valence-electron chi connectivity index (χ4n) is 1.66. The summed E-state index contributed by atoms with van der Waals surface area (Å²) in [5.74, 6) is -1.46. The topological polar surface area (TPSA) is 87.0 Å². The molecule has 0 aliphatic rings. The van der Waals surface area contributed by atoms with Crippen molar-refractivity contribution < 1.29 is 13.2 Å². The number of aryl methyl sites for hydroxylation is 2. The number of anilines is 1. The minimum atomic E-state index is -3.52. The minimum absolute atomic E-state index is 0.0982. The smallest absolute Gasteiger partial charge is 0.239 e. The SMILES string of the molecule is Cc1cccc(C)c1NC(=O)CS(=O)(=O)CCC#N. The zero-order valence-electron chi connectivity index (χ0n) is 10.9. The second-order valence-electron chi connectivity index (χ2n) is 4.32. The van der Waals surface area contributed by atoms with Gasteiger partial charge in [-0.3, -0.25) is 4.79 Å². The van der Waals surface area contributed by atoms with Gasteiger partial charge in [0.1, 0.15) is 5.75 Å². The van der Waals surface area contributed by atoms with Gasteiger partial charge in [0, 0.05) is 12.1 Å². The molecule has 1 amide bonds. The third-order valence-electron chi connectivity index (χ3n) is 2.62. The predicted octanol–water partition coefficient (Wildman–Crippen LogP) is 1.57. The summed E-state index contributed by atoms with van der Waals surface area (Å²) in [5, 5.41) is 11.0. The summed E-state index contributed by atoms with van der Waals surface area (Å²) in [6.45, 7) is 3.68. The molecule has 0 aliphatic heterocycles. The Morgan fingerprint density at radius 1 is 1.32 bits per heavy atom. The number of carbonyl (C=O) groups is 1. The van der Waals surface area contributed by atoms with Gasteiger partial charge in [0.25, 0.3) is 0 Å². The molecule has 0 fully saturated rings. The maximum absolute atomic E-state index is 11.7. The highest BCUT2D eigenvalue weighted by Gasteiger charge is 2.17. The first-order valence-corrected chi connectivity index (χ1v) is 7.61. The number of rotatable bonds is 5. The first kappa shape index (κ1) is 15.2. The van der Waals surface area contributed by atoms with E-state index in [1.807, 2.05) is 32.0 Å². The molecule has 102 valence electrons. The molecule has 0 saturated heterocycles. The van der Waals surface area contributed by atoms with Crippen molar-refractivity contribution in [3.8, 4) is 6.07 Å². The Morgan fingerprint density at radius 2 is 1.89 bits per heavy atom. The number of nitrogens with zero attached hydrogens (tertiary/aromatic N) is 1. The molecule has 0 saturated carbocycles. The van der Waals surface area contributed by atoms with E-state index in [1.165, 1.54) is 0 Å². The first-order chi connectivity index (χ1) is 8.85. The highest BCUT2D eigenvalue weighted by molar-refractivity contribution is 7.92. The Bertz CT molecular complexity index is 595. The Labute approximate surface area is 113 Å². The van der Waals surface area contributed by atoms with Gasteiger partial charge < -0.3 is 5.32 Å². The van der Waals surface area contributed by atoms with E-state index in [-0.39, 0.29) is 12.2 Å². The molecule has 0 aromatic heterocycles. The van der Waals surface area contributed by atoms with Crippen LogP contribution < -0.4 is 5.32 Å². The number of nitriles is 1. The molecule has 0 unspecified atom stereocenters. The molecule has 0 atom stereocenters. The van der Waals surface area contributed by atoms with Gasteiger partial charge in [-0.15, -0.1) is 0 Å². The minimum Gasteiger partial charge on any atom is -0.325 e. The van der Waals surface area contributed by atoms with E-state index >= 15 is 0 Å². The third-order valence-corrected chi connectivity index (χ3v) is 4.15. The molecule has 0 spiro atoms. The van der Waals surface area contributed by atoms with Gasteiger partial charge in [-0.25, -0.2) is 8.42 Å². The van der Waals surface area contributed by atoms with Crippen LogP contribution in [0.4, 0.5) is 5.69 Å². The lowest BCUT2D eigenvalue weighted by atomic mass is 10.1. The zero-order valence-corrected chi connectivity index (χ0v) is 11.8. The summed E-state index contributed by atoms with van der Waals surface area (Å²) in [6.07, 6.45) is -0.0982. The number of sulfone groups is 1. The summed E-state index contributed by atoms with van der Waals surface area (Å²) in [4.78, 5) is 11.7. The Kier molecular flexibility index (Phi) is 5.07. The first-order valence-electron chi connectivity index (χ1n) is 5.79. The van der Waals surface area contributed by atoms with Crippen LogP contribution in [0.15, 0.2) is 18.2 Å². The van der Waals surface area contributed by atoms with Crippen molar-refractivity contribution in [2.75, 3.05) is 16.8 Å². The number of carbonyl (C=O) groups excluding carboxylic acids is 1. The van der Waals surface area contributed by atoms with Crippen molar-refractivity contribution in [3.05, 3.63) is 29.3 Å². The normalized spacial score (nSPS) is 10.8. The van der Waals surface area contributed by atoms with Crippen LogP contribution in [0.1, 0.15) is 17.5 Å². The summed E-state index contributed by atoms with van der Waals surface area (Å²) in [5.41, 5.74) is 2.40. The third kappa shape index (κ3) is 4.72. The van der Waals surface area contributed by atoms with E-state index in [0.29, 0.717) is 5.69 Å². The highest BCUT2D eigenvalue weighted by atomic mass is 32.2. The lowest BCUT2D eigenvalue weighted by molar-refractivity contribution is -0.113. The number of hydrogen-bond donors (Lipinski definition) is 1. The van der Waals surface area contributed by atoms with Gasteiger partial charge in [-0.1, -0.05) is 18.2 Å². The summed E-state index contributed by atoms with van der Waals surface area (Å²) in [7, 11) is -3.52. The van der Waals surface area contributed by atoms with Gasteiger partial charge in [0.2, 0.25) is 5.91 Å². The summed E-state index contributed by atoms with van der Waals surface area (Å²) >= 11 is 0. The Balaban J connectivity index is 2.74. The number of para-hydroxylation sites is 1. The standard InChI is InChI=1S/C13H16N2O3S/c1-10-5-3-6-11(2)13(10)15-12(16)9-19(17,18)8-4-7-14/h3,5-6H,4,8-9H2,1-2H3,(H,15,16). The molecule has 5 nitrogen and oxygen atoms in total. The largest absolute Gasteiger partial charge is 0.325 e. The molecular formula is C13H16N2O3S. The van der Waals surface area contributed by atoms with Crippen molar-refractivity contribution in [1.29, 1.82) is 5.26 Å². The quantitative estimate of drug-likeness (QED) is 0.886. The van der Waals surface area contributed by atoms with E-state index in [4.69, 9.17) is 5.26 Å². The molecule has 6 heteroatoms. The van der Waals surface area contributed by atoms with Crippen LogP contribution in [-0.4, -0.2) is 25.8 Å². The van der Waals surface area contributed by atoms with Gasteiger partial charge in [-0.2, -0.15) is 5.26 Å². The fourth-order valence-corrected chi connectivity index (χ4v) is 2.68. The van der Waals surface area contributed by atoms with Crippen molar-refractivity contribution in [1.82, 2.24) is 0 Å². The van der Waals surface area contributed by atoms with Crippen LogP contribution in [0.3, 0.4) is 0 Å². The Hall–Kier alpha value is -1.87. The lowest BCUT2D eigenvalue weighted by Crippen LogP contribution is -2.25. The van der Waals surface area contributed by atoms with E-state index in [0.717, 1.165) is 11.1 Å². The molecule has 0 heterocycles. The monoisotopic (exact) mass is 280 g/mol. The van der Waals surface area contributed by atoms with Gasteiger partial charge in [0.05, 0.1) is 11.8 Å². The summed E-state index contributed by atoms with van der Waals surface area (Å²) in [6, 6.07) is 7.30. The second-order valence-corrected chi connectivity index (χ2v) is 6.50. The van der Waals surface area contributed by atoms with Crippen molar-refractivity contribution in [3.63, 3.8) is 0 Å². The number of hydrogen-bond acceptors (Lipinski definition) is 4. The lowest BCUT2D eigenvalue weighted by Gasteiger charge is -2.11. The van der Waals surface area contributed by atoms with Crippen LogP contribution in [-0.2, 0) is 14.6 Å². The van der Waals surface area contributed by atoms with Crippen LogP contribution >= 0.6 is 0 Å². The number of amides is 1. The van der Waals surface area contributed by atoms with E-state index in [1.54, 1.807) is 6.07 Å².